The maximum absolute atomic E-state index is 9.88. The van der Waals surface area contributed by atoms with Gasteiger partial charge < -0.3 is 10.00 Å². The van der Waals surface area contributed by atoms with Gasteiger partial charge in [-0.2, -0.15) is 4.89 Å². The highest BCUT2D eigenvalue weighted by Gasteiger charge is 1.95. The van der Waals surface area contributed by atoms with E-state index in [1.54, 1.807) is 0 Å². The highest BCUT2D eigenvalue weighted by atomic mass is 31.1. The Morgan fingerprint density at radius 3 is 2.67 bits per heavy atom. The third-order valence-electron chi connectivity index (χ3n) is 0.643. The molecular weight excluding hydrogens is 143 g/mol. The molecule has 0 bridgehead atoms. The molecule has 0 aliphatic carbocycles. The Kier molecular flexibility index (Phi) is 4.22. The zero-order chi connectivity index (χ0) is 7.28. The smallest absolute Gasteiger partial charge is 0.303 e. The fourth-order valence-corrected chi connectivity index (χ4v) is 0.648. The fourth-order valence-electron chi connectivity index (χ4n) is 0.298. The summed E-state index contributed by atoms with van der Waals surface area (Å²) in [5.41, 5.74) is 0. The summed E-state index contributed by atoms with van der Waals surface area (Å²) >= 11 is 0. The first-order valence-corrected chi connectivity index (χ1v) is 3.61. The van der Waals surface area contributed by atoms with Gasteiger partial charge in [0.05, 0.1) is 6.42 Å². The molecule has 0 heterocycles. The highest BCUT2D eigenvalue weighted by molar-refractivity contribution is 7.43. The van der Waals surface area contributed by atoms with E-state index in [0.29, 0.717) is 0 Å². The largest absolute Gasteiger partial charge is 0.603 e. The zero-order valence-corrected chi connectivity index (χ0v) is 5.54. The average Bonchev–Trinajstić information content (AvgIpc) is 1.63. The second-order valence-electron chi connectivity index (χ2n) is 1.42. The average molecular weight is 150 g/mol. The summed E-state index contributed by atoms with van der Waals surface area (Å²) in [5.74, 6) is 0.117. The van der Waals surface area contributed by atoms with Gasteiger partial charge in [0.1, 0.15) is 5.80 Å². The van der Waals surface area contributed by atoms with Gasteiger partial charge in [-0.05, 0) is 0 Å². The number of rotatable bonds is 3. The van der Waals surface area contributed by atoms with E-state index >= 15 is 0 Å². The lowest BCUT2D eigenvalue weighted by molar-refractivity contribution is -0.167. The topological polar surface area (TPSA) is 80.6 Å². The maximum Gasteiger partial charge on any atom is 0.303 e. The second-order valence-corrected chi connectivity index (χ2v) is 2.39. The molecule has 1 atom stereocenters. The summed E-state index contributed by atoms with van der Waals surface area (Å²) in [4.78, 5) is 27.8. The maximum atomic E-state index is 9.88. The van der Waals surface area contributed by atoms with Crippen molar-refractivity contribution in [3.8, 4) is 0 Å². The number of hydrogen-bond donors (Lipinski definition) is 2. The standard InChI is InChI=1S/C4H7O4P/c5-4(6)2-1-3-9(7)8/h3H,1-2H2,(H,5,6)(H,7,8). The van der Waals surface area contributed by atoms with Gasteiger partial charge in [-0.25, -0.2) is 0 Å². The Morgan fingerprint density at radius 1 is 1.78 bits per heavy atom. The van der Waals surface area contributed by atoms with Crippen molar-refractivity contribution in [2.45, 2.75) is 12.8 Å². The first-order chi connectivity index (χ1) is 4.13. The van der Waals surface area contributed by atoms with Gasteiger partial charge in [-0.15, -0.1) is 0 Å². The van der Waals surface area contributed by atoms with Crippen LogP contribution in [0.2, 0.25) is 0 Å². The van der Waals surface area contributed by atoms with Crippen LogP contribution in [0.15, 0.2) is 0 Å². The molecule has 0 saturated carbocycles. The predicted octanol–water partition coefficient (Wildman–Crippen LogP) is -0.682. The molecule has 0 radical (unpaired) electrons. The van der Waals surface area contributed by atoms with Gasteiger partial charge in [0, 0.05) is 6.42 Å². The molecule has 0 amide bonds. The molecule has 0 fully saturated rings. The minimum atomic E-state index is -2.27. The van der Waals surface area contributed by atoms with Crippen LogP contribution in [-0.2, 0) is 4.79 Å². The Bertz CT molecular complexity index is 127. The van der Waals surface area contributed by atoms with Crippen molar-refractivity contribution in [1.29, 1.82) is 0 Å². The molecule has 0 aliphatic heterocycles. The minimum absolute atomic E-state index is 0.0817. The monoisotopic (exact) mass is 150 g/mol. The second kappa shape index (κ2) is 4.44. The molecule has 52 valence electrons. The van der Waals surface area contributed by atoms with E-state index < -0.39 is 14.0 Å². The van der Waals surface area contributed by atoms with Gasteiger partial charge in [0.25, 0.3) is 0 Å². The zero-order valence-electron chi connectivity index (χ0n) is 4.65. The lowest BCUT2D eigenvalue weighted by atomic mass is 10.3. The number of aliphatic carboxylic acids is 1. The molecule has 0 rings (SSSR count). The van der Waals surface area contributed by atoms with Crippen LogP contribution >= 0.6 is 8.00 Å². The summed E-state index contributed by atoms with van der Waals surface area (Å²) in [6.07, 6.45) is 0.0721. The molecule has 0 spiro atoms. The number of hydrogen-bond acceptors (Lipinski definition) is 3. The molecule has 0 aromatic heterocycles. The Labute approximate surface area is 53.3 Å². The summed E-state index contributed by atoms with van der Waals surface area (Å²) < 4.78 is 0. The summed E-state index contributed by atoms with van der Waals surface area (Å²) in [6, 6.07) is 0. The SMILES string of the molecule is O=C(O)CC/C=[P+](/[O-])O. The Balaban J connectivity index is 3.31. The van der Waals surface area contributed by atoms with E-state index in [0.717, 1.165) is 5.80 Å². The lowest BCUT2D eigenvalue weighted by Gasteiger charge is -1.84. The van der Waals surface area contributed by atoms with Crippen molar-refractivity contribution in [3.05, 3.63) is 0 Å². The van der Waals surface area contributed by atoms with Crippen molar-refractivity contribution in [2.24, 2.45) is 0 Å². The molecule has 2 N–H and O–H groups in total. The van der Waals surface area contributed by atoms with E-state index in [1.807, 2.05) is 0 Å². The molecular formula is C4H7O4P. The van der Waals surface area contributed by atoms with Crippen molar-refractivity contribution in [3.63, 3.8) is 0 Å². The third kappa shape index (κ3) is 7.56. The fraction of sp³-hybridized carbons (Fsp3) is 0.500. The molecule has 5 heteroatoms. The molecule has 0 saturated heterocycles. The van der Waals surface area contributed by atoms with Crippen LogP contribution in [0, 0.1) is 0 Å². The number of carboxylic acid groups (broad SMARTS) is 1. The predicted molar refractivity (Wildman–Crippen MR) is 32.1 cm³/mol. The summed E-state index contributed by atoms with van der Waals surface area (Å²) in [6.45, 7) is 0. The van der Waals surface area contributed by atoms with Crippen molar-refractivity contribution in [2.75, 3.05) is 0 Å². The van der Waals surface area contributed by atoms with Crippen LogP contribution in [0.4, 0.5) is 0 Å². The van der Waals surface area contributed by atoms with Crippen LogP contribution in [0.5, 0.6) is 0 Å². The van der Waals surface area contributed by atoms with Gasteiger partial charge in [0.2, 0.25) is 8.00 Å². The highest BCUT2D eigenvalue weighted by Crippen LogP contribution is 2.00. The first kappa shape index (κ1) is 8.56. The molecule has 9 heavy (non-hydrogen) atoms. The van der Waals surface area contributed by atoms with Gasteiger partial charge >= 0.3 is 5.97 Å². The number of carbonyl (C=O) groups is 1. The molecule has 0 aromatic carbocycles. The molecule has 0 aliphatic rings. The van der Waals surface area contributed by atoms with E-state index in [9.17, 15) is 9.69 Å². The lowest BCUT2D eigenvalue weighted by Crippen LogP contribution is -1.95. The van der Waals surface area contributed by atoms with Crippen molar-refractivity contribution in [1.82, 2.24) is 0 Å². The third-order valence-corrected chi connectivity index (χ3v) is 1.21. The molecule has 4 nitrogen and oxygen atoms in total. The van der Waals surface area contributed by atoms with E-state index in [4.69, 9.17) is 10.00 Å². The van der Waals surface area contributed by atoms with Gasteiger partial charge in [-0.1, -0.05) is 0 Å². The molecule has 0 aromatic rings. The Hall–Kier alpha value is -0.440. The van der Waals surface area contributed by atoms with Gasteiger partial charge in [-0.3, -0.25) is 4.79 Å². The van der Waals surface area contributed by atoms with Crippen LogP contribution in [0.1, 0.15) is 12.8 Å². The number of carboxylic acids is 1. The van der Waals surface area contributed by atoms with Crippen LogP contribution in [0.3, 0.4) is 0 Å². The van der Waals surface area contributed by atoms with E-state index in [2.05, 4.69) is 0 Å². The van der Waals surface area contributed by atoms with Crippen LogP contribution < -0.4 is 4.89 Å². The normalized spacial score (nSPS) is 11.6. The van der Waals surface area contributed by atoms with Crippen molar-refractivity contribution >= 4 is 19.8 Å². The van der Waals surface area contributed by atoms with E-state index in [1.165, 1.54) is 0 Å². The van der Waals surface area contributed by atoms with Crippen molar-refractivity contribution < 1.29 is 19.7 Å². The summed E-state index contributed by atoms with van der Waals surface area (Å²) in [7, 11) is -2.27. The van der Waals surface area contributed by atoms with E-state index in [-0.39, 0.29) is 12.8 Å². The first-order valence-electron chi connectivity index (χ1n) is 2.33. The Morgan fingerprint density at radius 2 is 2.33 bits per heavy atom. The van der Waals surface area contributed by atoms with Crippen LogP contribution in [0.25, 0.3) is 0 Å². The summed E-state index contributed by atoms with van der Waals surface area (Å²) in [5, 5.41) is 8.03. The molecule has 1 unspecified atom stereocenters. The minimum Gasteiger partial charge on any atom is -0.603 e. The van der Waals surface area contributed by atoms with Gasteiger partial charge in [0.15, 0.2) is 0 Å². The quantitative estimate of drug-likeness (QED) is 0.522. The van der Waals surface area contributed by atoms with Crippen LogP contribution in [-0.4, -0.2) is 21.8 Å².